The van der Waals surface area contributed by atoms with Gasteiger partial charge in [-0.05, 0) is 12.8 Å². The number of piperidine rings is 2. The van der Waals surface area contributed by atoms with Gasteiger partial charge in [-0.15, -0.1) is 0 Å². The van der Waals surface area contributed by atoms with Crippen molar-refractivity contribution >= 4 is 11.8 Å². The summed E-state index contributed by atoms with van der Waals surface area (Å²) >= 11 is 0. The van der Waals surface area contributed by atoms with Crippen LogP contribution in [0.4, 0.5) is 0 Å². The number of methoxy groups -OCH3 is 1. The Morgan fingerprint density at radius 1 is 1.38 bits per heavy atom. The normalized spacial score (nSPS) is 30.2. The second kappa shape index (κ2) is 4.95. The van der Waals surface area contributed by atoms with E-state index in [2.05, 4.69) is 9.64 Å². The van der Waals surface area contributed by atoms with E-state index in [-0.39, 0.29) is 5.97 Å². The third-order valence-corrected chi connectivity index (χ3v) is 3.74. The molecule has 0 aromatic rings. The molecule has 2 fully saturated rings. The van der Waals surface area contributed by atoms with Crippen LogP contribution in [0.3, 0.4) is 0 Å². The Balaban J connectivity index is 1.93. The van der Waals surface area contributed by atoms with Crippen LogP contribution in [0.1, 0.15) is 38.5 Å². The maximum atomic E-state index is 11.5. The number of ketones is 1. The van der Waals surface area contributed by atoms with Crippen molar-refractivity contribution in [3.05, 3.63) is 0 Å². The minimum atomic E-state index is -0.157. The van der Waals surface area contributed by atoms with Crippen LogP contribution in [0.2, 0.25) is 0 Å². The van der Waals surface area contributed by atoms with Gasteiger partial charge in [0.05, 0.1) is 13.5 Å². The van der Waals surface area contributed by atoms with Gasteiger partial charge in [-0.2, -0.15) is 0 Å². The lowest BCUT2D eigenvalue weighted by atomic mass is 9.83. The van der Waals surface area contributed by atoms with Crippen molar-refractivity contribution in [2.24, 2.45) is 0 Å². The van der Waals surface area contributed by atoms with E-state index in [1.807, 2.05) is 0 Å². The lowest BCUT2D eigenvalue weighted by molar-refractivity contribution is -0.141. The molecule has 2 aliphatic rings. The summed E-state index contributed by atoms with van der Waals surface area (Å²) in [6.07, 6.45) is 5.22. The molecule has 2 saturated heterocycles. The molecule has 0 radical (unpaired) electrons. The highest BCUT2D eigenvalue weighted by Crippen LogP contribution is 2.32. The van der Waals surface area contributed by atoms with Crippen LogP contribution in [0, 0.1) is 0 Å². The van der Waals surface area contributed by atoms with Crippen molar-refractivity contribution in [2.45, 2.75) is 50.6 Å². The second-order valence-corrected chi connectivity index (χ2v) is 4.75. The SMILES string of the molecule is COC(=O)CCN1C2CCCC1CC(=O)C2. The zero-order valence-electron chi connectivity index (χ0n) is 9.78. The molecule has 0 saturated carbocycles. The quantitative estimate of drug-likeness (QED) is 0.676. The maximum absolute atomic E-state index is 11.5. The van der Waals surface area contributed by atoms with Crippen molar-refractivity contribution in [1.82, 2.24) is 4.90 Å². The lowest BCUT2D eigenvalue weighted by Crippen LogP contribution is -2.52. The number of ether oxygens (including phenoxy) is 1. The predicted molar refractivity (Wildman–Crippen MR) is 59.0 cm³/mol. The molecular weight excluding hydrogens is 206 g/mol. The molecule has 2 aliphatic heterocycles. The molecule has 4 nitrogen and oxygen atoms in total. The molecule has 0 aromatic heterocycles. The van der Waals surface area contributed by atoms with Gasteiger partial charge in [0.1, 0.15) is 5.78 Å². The maximum Gasteiger partial charge on any atom is 0.306 e. The van der Waals surface area contributed by atoms with Crippen LogP contribution in [-0.4, -0.2) is 42.4 Å². The van der Waals surface area contributed by atoms with E-state index in [0.29, 0.717) is 37.1 Å². The van der Waals surface area contributed by atoms with Gasteiger partial charge in [0.2, 0.25) is 0 Å². The second-order valence-electron chi connectivity index (χ2n) is 4.75. The van der Waals surface area contributed by atoms with Crippen molar-refractivity contribution in [3.63, 3.8) is 0 Å². The van der Waals surface area contributed by atoms with Gasteiger partial charge in [0.25, 0.3) is 0 Å². The Bertz CT molecular complexity index is 274. The highest BCUT2D eigenvalue weighted by Gasteiger charge is 2.37. The Kier molecular flexibility index (Phi) is 3.59. The fourth-order valence-electron chi connectivity index (χ4n) is 2.95. The summed E-state index contributed by atoms with van der Waals surface area (Å²) < 4.78 is 4.65. The number of carbonyl (C=O) groups excluding carboxylic acids is 2. The first kappa shape index (κ1) is 11.6. The van der Waals surface area contributed by atoms with E-state index < -0.39 is 0 Å². The predicted octanol–water partition coefficient (Wildman–Crippen LogP) is 1.14. The summed E-state index contributed by atoms with van der Waals surface area (Å²) in [4.78, 5) is 25.0. The molecule has 90 valence electrons. The van der Waals surface area contributed by atoms with Crippen molar-refractivity contribution < 1.29 is 14.3 Å². The number of Topliss-reactive ketones (excluding diaryl/α,β-unsaturated/α-hetero) is 1. The van der Waals surface area contributed by atoms with Crippen LogP contribution in [0.25, 0.3) is 0 Å². The lowest BCUT2D eigenvalue weighted by Gasteiger charge is -2.45. The third kappa shape index (κ3) is 2.43. The summed E-state index contributed by atoms with van der Waals surface area (Å²) in [5.74, 6) is 0.235. The van der Waals surface area contributed by atoms with Crippen molar-refractivity contribution in [1.29, 1.82) is 0 Å². The Labute approximate surface area is 95.9 Å². The number of hydrogen-bond donors (Lipinski definition) is 0. The van der Waals surface area contributed by atoms with Crippen LogP contribution < -0.4 is 0 Å². The number of nitrogens with zero attached hydrogens (tertiary/aromatic N) is 1. The Hall–Kier alpha value is -0.900. The first-order valence-electron chi connectivity index (χ1n) is 6.05. The number of hydrogen-bond acceptors (Lipinski definition) is 4. The van der Waals surface area contributed by atoms with Gasteiger partial charge in [0.15, 0.2) is 0 Å². The summed E-state index contributed by atoms with van der Waals surface area (Å²) in [6.45, 7) is 0.745. The van der Waals surface area contributed by atoms with Gasteiger partial charge in [-0.25, -0.2) is 0 Å². The van der Waals surface area contributed by atoms with Gasteiger partial charge in [0, 0.05) is 31.5 Å². The molecule has 2 unspecified atom stereocenters. The number of carbonyl (C=O) groups is 2. The van der Waals surface area contributed by atoms with E-state index in [9.17, 15) is 9.59 Å². The van der Waals surface area contributed by atoms with E-state index in [0.717, 1.165) is 19.4 Å². The molecule has 2 rings (SSSR count). The molecular formula is C12H19NO3. The van der Waals surface area contributed by atoms with Gasteiger partial charge >= 0.3 is 5.97 Å². The largest absolute Gasteiger partial charge is 0.469 e. The zero-order valence-corrected chi connectivity index (χ0v) is 9.78. The molecule has 2 atom stereocenters. The van der Waals surface area contributed by atoms with Gasteiger partial charge < -0.3 is 4.74 Å². The number of fused-ring (bicyclic) bond motifs is 2. The topological polar surface area (TPSA) is 46.6 Å². The molecule has 0 aliphatic carbocycles. The summed E-state index contributed by atoms with van der Waals surface area (Å²) in [5, 5.41) is 0. The zero-order chi connectivity index (χ0) is 11.5. The van der Waals surface area contributed by atoms with Crippen molar-refractivity contribution in [3.8, 4) is 0 Å². The van der Waals surface area contributed by atoms with E-state index >= 15 is 0 Å². The highest BCUT2D eigenvalue weighted by molar-refractivity contribution is 5.80. The molecule has 0 amide bonds. The molecule has 2 heterocycles. The Morgan fingerprint density at radius 3 is 2.56 bits per heavy atom. The van der Waals surface area contributed by atoms with Gasteiger partial charge in [-0.1, -0.05) is 6.42 Å². The monoisotopic (exact) mass is 225 g/mol. The summed E-state index contributed by atoms with van der Waals surface area (Å²) in [6, 6.07) is 0.759. The number of esters is 1. The Morgan fingerprint density at radius 2 is 2.00 bits per heavy atom. The molecule has 4 heteroatoms. The summed E-state index contributed by atoms with van der Waals surface area (Å²) in [7, 11) is 1.42. The van der Waals surface area contributed by atoms with Crippen LogP contribution >= 0.6 is 0 Å². The number of rotatable bonds is 3. The van der Waals surface area contributed by atoms with Gasteiger partial charge in [-0.3, -0.25) is 14.5 Å². The molecule has 2 bridgehead atoms. The molecule has 0 aromatic carbocycles. The average molecular weight is 225 g/mol. The van der Waals surface area contributed by atoms with Crippen molar-refractivity contribution in [2.75, 3.05) is 13.7 Å². The standard InChI is InChI=1S/C12H19NO3/c1-16-12(15)5-6-13-9-3-2-4-10(13)8-11(14)7-9/h9-10H,2-8H2,1H3. The average Bonchev–Trinajstić information content (AvgIpc) is 2.25. The van der Waals surface area contributed by atoms with Crippen LogP contribution in [0.15, 0.2) is 0 Å². The smallest absolute Gasteiger partial charge is 0.306 e. The fraction of sp³-hybridized carbons (Fsp3) is 0.833. The third-order valence-electron chi connectivity index (χ3n) is 3.74. The van der Waals surface area contributed by atoms with E-state index in [1.165, 1.54) is 13.5 Å². The first-order valence-corrected chi connectivity index (χ1v) is 6.05. The minimum Gasteiger partial charge on any atom is -0.469 e. The van der Waals surface area contributed by atoms with E-state index in [1.54, 1.807) is 0 Å². The van der Waals surface area contributed by atoms with E-state index in [4.69, 9.17) is 0 Å². The first-order chi connectivity index (χ1) is 7.70. The van der Waals surface area contributed by atoms with Crippen LogP contribution in [0.5, 0.6) is 0 Å². The summed E-state index contributed by atoms with van der Waals surface area (Å²) in [5.41, 5.74) is 0. The minimum absolute atomic E-state index is 0.157. The molecule has 0 N–H and O–H groups in total. The molecule has 0 spiro atoms. The van der Waals surface area contributed by atoms with Crippen LogP contribution in [-0.2, 0) is 14.3 Å². The fourth-order valence-corrected chi connectivity index (χ4v) is 2.95. The highest BCUT2D eigenvalue weighted by atomic mass is 16.5. The molecule has 16 heavy (non-hydrogen) atoms.